The van der Waals surface area contributed by atoms with Crippen LogP contribution in [0.15, 0.2) is 24.3 Å². The van der Waals surface area contributed by atoms with Crippen molar-refractivity contribution >= 4 is 11.6 Å². The molecule has 0 spiro atoms. The lowest BCUT2D eigenvalue weighted by molar-refractivity contribution is -0.114. The van der Waals surface area contributed by atoms with Gasteiger partial charge in [-0.15, -0.1) is 0 Å². The van der Waals surface area contributed by atoms with Gasteiger partial charge in [0.2, 0.25) is 5.91 Å². The van der Waals surface area contributed by atoms with Crippen LogP contribution in [0, 0.1) is 0 Å². The lowest BCUT2D eigenvalue weighted by atomic mass is 10.1. The summed E-state index contributed by atoms with van der Waals surface area (Å²) in [5, 5.41) is 6.21. The Labute approximate surface area is 108 Å². The molecule has 1 aliphatic heterocycles. The number of rotatable bonds is 4. The van der Waals surface area contributed by atoms with Gasteiger partial charge in [0.25, 0.3) is 0 Å². The Morgan fingerprint density at radius 2 is 2.28 bits per heavy atom. The van der Waals surface area contributed by atoms with Crippen molar-refractivity contribution in [3.05, 3.63) is 24.3 Å². The van der Waals surface area contributed by atoms with Crippen LogP contribution in [0.3, 0.4) is 0 Å². The third-order valence-corrected chi connectivity index (χ3v) is 3.05. The summed E-state index contributed by atoms with van der Waals surface area (Å²) in [4.78, 5) is 11.1. The number of piperidine rings is 1. The maximum Gasteiger partial charge on any atom is 0.221 e. The molecule has 1 unspecified atom stereocenters. The molecule has 1 fully saturated rings. The van der Waals surface area contributed by atoms with Crippen molar-refractivity contribution in [2.24, 2.45) is 0 Å². The number of carbonyl (C=O) groups excluding carboxylic acids is 1. The van der Waals surface area contributed by atoms with Crippen LogP contribution >= 0.6 is 0 Å². The summed E-state index contributed by atoms with van der Waals surface area (Å²) in [5.41, 5.74) is 0.737. The Balaban J connectivity index is 1.93. The number of carbonyl (C=O) groups is 1. The number of anilines is 1. The summed E-state index contributed by atoms with van der Waals surface area (Å²) in [6.45, 7) is 3.22. The molecule has 0 radical (unpaired) electrons. The van der Waals surface area contributed by atoms with Gasteiger partial charge >= 0.3 is 0 Å². The summed E-state index contributed by atoms with van der Waals surface area (Å²) in [5.74, 6) is 0.655. The minimum Gasteiger partial charge on any atom is -0.490 e. The fourth-order valence-corrected chi connectivity index (χ4v) is 2.14. The zero-order valence-electron chi connectivity index (χ0n) is 10.7. The molecule has 1 aromatic carbocycles. The highest BCUT2D eigenvalue weighted by Crippen LogP contribution is 2.24. The maximum atomic E-state index is 11.1. The monoisotopic (exact) mass is 248 g/mol. The summed E-state index contributed by atoms with van der Waals surface area (Å²) < 4.78 is 5.80. The molecule has 2 N–H and O–H groups in total. The van der Waals surface area contributed by atoms with Crippen molar-refractivity contribution in [1.29, 1.82) is 0 Å². The zero-order chi connectivity index (χ0) is 12.8. The van der Waals surface area contributed by atoms with Crippen molar-refractivity contribution in [3.8, 4) is 5.75 Å². The third-order valence-electron chi connectivity index (χ3n) is 3.05. The Hall–Kier alpha value is -1.55. The fraction of sp³-hybridized carbons (Fsp3) is 0.500. The van der Waals surface area contributed by atoms with Crippen LogP contribution in [0.2, 0.25) is 0 Å². The predicted molar refractivity (Wildman–Crippen MR) is 71.9 cm³/mol. The first kappa shape index (κ1) is 12.9. The molecule has 1 saturated heterocycles. The number of benzene rings is 1. The van der Waals surface area contributed by atoms with E-state index in [2.05, 4.69) is 10.6 Å². The zero-order valence-corrected chi connectivity index (χ0v) is 10.7. The number of hydrogen-bond donors (Lipinski definition) is 2. The molecule has 18 heavy (non-hydrogen) atoms. The van der Waals surface area contributed by atoms with Gasteiger partial charge in [-0.3, -0.25) is 4.79 Å². The standard InChI is InChI=1S/C14H20N2O2/c1-11(17)16-13-7-2-3-8-14(13)18-10-12-6-4-5-9-15-12/h2-3,7-8,12,15H,4-6,9-10H2,1H3,(H,16,17). The second-order valence-electron chi connectivity index (χ2n) is 4.64. The van der Waals surface area contributed by atoms with E-state index in [1.807, 2.05) is 24.3 Å². The summed E-state index contributed by atoms with van der Waals surface area (Å²) in [6, 6.07) is 7.95. The molecular formula is C14H20N2O2. The van der Waals surface area contributed by atoms with E-state index in [4.69, 9.17) is 4.74 Å². The number of para-hydroxylation sites is 2. The molecule has 0 bridgehead atoms. The minimum atomic E-state index is -0.0816. The van der Waals surface area contributed by atoms with Crippen LogP contribution in [0.25, 0.3) is 0 Å². The molecule has 98 valence electrons. The van der Waals surface area contributed by atoms with E-state index < -0.39 is 0 Å². The number of amides is 1. The van der Waals surface area contributed by atoms with Crippen molar-refractivity contribution in [2.75, 3.05) is 18.5 Å². The van der Waals surface area contributed by atoms with Gasteiger partial charge in [-0.2, -0.15) is 0 Å². The highest BCUT2D eigenvalue weighted by Gasteiger charge is 2.14. The molecule has 1 atom stereocenters. The maximum absolute atomic E-state index is 11.1. The average Bonchev–Trinajstić information content (AvgIpc) is 2.38. The van der Waals surface area contributed by atoms with Gasteiger partial charge in [-0.25, -0.2) is 0 Å². The van der Waals surface area contributed by atoms with Crippen LogP contribution in [0.5, 0.6) is 5.75 Å². The second kappa shape index (κ2) is 6.40. The predicted octanol–water partition coefficient (Wildman–Crippen LogP) is 2.17. The van der Waals surface area contributed by atoms with Crippen molar-refractivity contribution in [3.63, 3.8) is 0 Å². The van der Waals surface area contributed by atoms with E-state index in [9.17, 15) is 4.79 Å². The molecule has 4 heteroatoms. The molecule has 0 aliphatic carbocycles. The number of hydrogen-bond acceptors (Lipinski definition) is 3. The average molecular weight is 248 g/mol. The van der Waals surface area contributed by atoms with Gasteiger partial charge in [0.05, 0.1) is 5.69 Å². The van der Waals surface area contributed by atoms with Gasteiger partial charge < -0.3 is 15.4 Å². The fourth-order valence-electron chi connectivity index (χ4n) is 2.14. The van der Waals surface area contributed by atoms with E-state index in [-0.39, 0.29) is 5.91 Å². The van der Waals surface area contributed by atoms with Gasteiger partial charge in [0.1, 0.15) is 12.4 Å². The largest absolute Gasteiger partial charge is 0.490 e. The molecule has 1 aliphatic rings. The van der Waals surface area contributed by atoms with Crippen molar-refractivity contribution in [2.45, 2.75) is 32.2 Å². The molecule has 0 aromatic heterocycles. The normalized spacial score (nSPS) is 19.3. The topological polar surface area (TPSA) is 50.4 Å². The quantitative estimate of drug-likeness (QED) is 0.858. The van der Waals surface area contributed by atoms with Gasteiger partial charge in [0, 0.05) is 13.0 Å². The van der Waals surface area contributed by atoms with E-state index in [0.29, 0.717) is 12.6 Å². The first-order valence-electron chi connectivity index (χ1n) is 6.48. The van der Waals surface area contributed by atoms with Crippen LogP contribution in [0.1, 0.15) is 26.2 Å². The minimum absolute atomic E-state index is 0.0816. The van der Waals surface area contributed by atoms with Crippen molar-refractivity contribution in [1.82, 2.24) is 5.32 Å². The summed E-state index contributed by atoms with van der Waals surface area (Å²) >= 11 is 0. The van der Waals surface area contributed by atoms with Crippen LogP contribution in [-0.2, 0) is 4.79 Å². The Bertz CT molecular complexity index is 401. The Morgan fingerprint density at radius 1 is 1.44 bits per heavy atom. The molecule has 1 heterocycles. The molecule has 2 rings (SSSR count). The summed E-state index contributed by atoms with van der Waals surface area (Å²) in [7, 11) is 0. The smallest absolute Gasteiger partial charge is 0.221 e. The van der Waals surface area contributed by atoms with Crippen LogP contribution in [0.4, 0.5) is 5.69 Å². The molecular weight excluding hydrogens is 228 g/mol. The van der Waals surface area contributed by atoms with E-state index in [1.54, 1.807) is 0 Å². The van der Waals surface area contributed by atoms with E-state index >= 15 is 0 Å². The lowest BCUT2D eigenvalue weighted by Crippen LogP contribution is -2.38. The van der Waals surface area contributed by atoms with Crippen molar-refractivity contribution < 1.29 is 9.53 Å². The van der Waals surface area contributed by atoms with E-state index in [1.165, 1.54) is 19.8 Å². The molecule has 1 amide bonds. The van der Waals surface area contributed by atoms with Gasteiger partial charge in [-0.1, -0.05) is 18.6 Å². The van der Waals surface area contributed by atoms with Gasteiger partial charge in [0.15, 0.2) is 0 Å². The highest BCUT2D eigenvalue weighted by atomic mass is 16.5. The number of ether oxygens (including phenoxy) is 1. The van der Waals surface area contributed by atoms with Gasteiger partial charge in [-0.05, 0) is 31.5 Å². The van der Waals surface area contributed by atoms with E-state index in [0.717, 1.165) is 24.4 Å². The first-order valence-corrected chi connectivity index (χ1v) is 6.48. The lowest BCUT2D eigenvalue weighted by Gasteiger charge is -2.24. The molecule has 1 aromatic rings. The Morgan fingerprint density at radius 3 is 3.00 bits per heavy atom. The molecule has 0 saturated carbocycles. The van der Waals surface area contributed by atoms with Crippen LogP contribution in [-0.4, -0.2) is 25.1 Å². The summed E-state index contributed by atoms with van der Waals surface area (Å²) in [6.07, 6.45) is 3.66. The first-order chi connectivity index (χ1) is 8.75. The Kier molecular flexibility index (Phi) is 4.59. The van der Waals surface area contributed by atoms with Crippen LogP contribution < -0.4 is 15.4 Å². The molecule has 4 nitrogen and oxygen atoms in total. The third kappa shape index (κ3) is 3.74. The number of nitrogens with one attached hydrogen (secondary N) is 2. The highest BCUT2D eigenvalue weighted by molar-refractivity contribution is 5.90. The SMILES string of the molecule is CC(=O)Nc1ccccc1OCC1CCCCN1. The second-order valence-corrected chi connectivity index (χ2v) is 4.64.